The first-order valence-corrected chi connectivity index (χ1v) is 13.7. The van der Waals surface area contributed by atoms with Crippen LogP contribution in [0.25, 0.3) is 16.7 Å². The molecule has 4 aromatic carbocycles. The molecule has 0 atom stereocenters. The van der Waals surface area contributed by atoms with Crippen LogP contribution in [0.1, 0.15) is 36.1 Å². The van der Waals surface area contributed by atoms with E-state index in [1.54, 1.807) is 6.20 Å². The molecular weight excluding hydrogens is 477 g/mol. The molecule has 2 aliphatic rings. The predicted octanol–water partition coefficient (Wildman–Crippen LogP) is 8.92. The van der Waals surface area contributed by atoms with E-state index in [1.165, 1.54) is 47.4 Å². The van der Waals surface area contributed by atoms with Gasteiger partial charge in [-0.2, -0.15) is 0 Å². The lowest BCUT2D eigenvalue weighted by molar-refractivity contribution is 0.641. The minimum absolute atomic E-state index is 0.0720. The van der Waals surface area contributed by atoms with Crippen LogP contribution >= 0.6 is 23.5 Å². The Morgan fingerprint density at radius 1 is 0.833 bits per heavy atom. The molecule has 2 nitrogen and oxygen atoms in total. The van der Waals surface area contributed by atoms with Crippen LogP contribution in [0, 0.1) is 0 Å². The summed E-state index contributed by atoms with van der Waals surface area (Å²) < 4.78 is 0. The summed E-state index contributed by atoms with van der Waals surface area (Å²) in [6, 6.07) is 30.4. The van der Waals surface area contributed by atoms with E-state index >= 15 is 0 Å². The van der Waals surface area contributed by atoms with Gasteiger partial charge in [-0.3, -0.25) is 9.98 Å². The summed E-state index contributed by atoms with van der Waals surface area (Å²) >= 11 is 3.81. The SMILES string of the molecule is C=N/C=C(\C=NCc1ccc2c(c1)C(C)(C)c1c-2ccc2c1Sc1ccccc1S2)c1ccccc1. The van der Waals surface area contributed by atoms with Crippen molar-refractivity contribution in [3.63, 3.8) is 0 Å². The van der Waals surface area contributed by atoms with Gasteiger partial charge in [0, 0.05) is 43.0 Å². The highest BCUT2D eigenvalue weighted by Gasteiger charge is 2.39. The van der Waals surface area contributed by atoms with Gasteiger partial charge in [0.1, 0.15) is 0 Å². The Morgan fingerprint density at radius 3 is 2.33 bits per heavy atom. The summed E-state index contributed by atoms with van der Waals surface area (Å²) in [4.78, 5) is 14.2. The standard InChI is InChI=1S/C32H26N2S2/c1-32(2)26-17-21(18-34-20-23(19-33-3)22-9-5-4-6-10-22)13-14-24(26)25-15-16-29-31(30(25)32)36-28-12-8-7-11-27(28)35-29/h4-17,19-20H,3,18H2,1-2H3/b23-19+,34-20?. The van der Waals surface area contributed by atoms with Crippen molar-refractivity contribution < 1.29 is 0 Å². The van der Waals surface area contributed by atoms with Crippen LogP contribution in [-0.4, -0.2) is 12.9 Å². The number of benzene rings is 4. The topological polar surface area (TPSA) is 24.7 Å². The van der Waals surface area contributed by atoms with Crippen LogP contribution in [0.3, 0.4) is 0 Å². The fourth-order valence-corrected chi connectivity index (χ4v) is 7.73. The number of aliphatic imine (C=N–C) groups is 2. The first-order chi connectivity index (χ1) is 17.6. The Hall–Kier alpha value is -3.34. The van der Waals surface area contributed by atoms with Crippen molar-refractivity contribution in [1.82, 2.24) is 0 Å². The van der Waals surface area contributed by atoms with E-state index in [-0.39, 0.29) is 5.41 Å². The van der Waals surface area contributed by atoms with Crippen LogP contribution in [0.15, 0.2) is 121 Å². The van der Waals surface area contributed by atoms with Gasteiger partial charge in [-0.1, -0.05) is 104 Å². The molecule has 0 bridgehead atoms. The zero-order valence-electron chi connectivity index (χ0n) is 20.4. The van der Waals surface area contributed by atoms with Crippen LogP contribution in [0.4, 0.5) is 0 Å². The average Bonchev–Trinajstić information content (AvgIpc) is 3.14. The number of fused-ring (bicyclic) bond motifs is 6. The van der Waals surface area contributed by atoms with Crippen LogP contribution in [-0.2, 0) is 12.0 Å². The van der Waals surface area contributed by atoms with E-state index in [0.717, 1.165) is 11.1 Å². The second-order valence-corrected chi connectivity index (χ2v) is 11.7. The summed E-state index contributed by atoms with van der Waals surface area (Å²) in [5, 5.41) is 0. The Bertz CT molecular complexity index is 1550. The third-order valence-electron chi connectivity index (χ3n) is 6.92. The normalized spacial score (nSPS) is 15.2. The smallest absolute Gasteiger partial charge is 0.0640 e. The molecular formula is C32H26N2S2. The maximum atomic E-state index is 4.77. The van der Waals surface area contributed by atoms with Gasteiger partial charge in [0.05, 0.1) is 6.54 Å². The molecule has 0 unspecified atom stereocenters. The lowest BCUT2D eigenvalue weighted by Gasteiger charge is -2.28. The Morgan fingerprint density at radius 2 is 1.56 bits per heavy atom. The first-order valence-electron chi connectivity index (χ1n) is 12.0. The minimum Gasteiger partial charge on any atom is -0.288 e. The van der Waals surface area contributed by atoms with Gasteiger partial charge in [-0.05, 0) is 58.3 Å². The van der Waals surface area contributed by atoms with Gasteiger partial charge in [-0.25, -0.2) is 0 Å². The fourth-order valence-electron chi connectivity index (χ4n) is 5.17. The van der Waals surface area contributed by atoms with Crippen LogP contribution < -0.4 is 0 Å². The highest BCUT2D eigenvalue weighted by Crippen LogP contribution is 2.58. The molecule has 0 aromatic heterocycles. The van der Waals surface area contributed by atoms with E-state index < -0.39 is 0 Å². The lowest BCUT2D eigenvalue weighted by atomic mass is 9.82. The number of nitrogens with zero attached hydrogens (tertiary/aromatic N) is 2. The molecule has 1 heterocycles. The molecule has 1 aliphatic carbocycles. The first kappa shape index (κ1) is 23.1. The van der Waals surface area contributed by atoms with Gasteiger partial charge < -0.3 is 0 Å². The Labute approximate surface area is 221 Å². The largest absolute Gasteiger partial charge is 0.288 e. The highest BCUT2D eigenvalue weighted by atomic mass is 32.2. The molecule has 0 saturated heterocycles. The van der Waals surface area contributed by atoms with Gasteiger partial charge in [0.2, 0.25) is 0 Å². The number of rotatable bonds is 5. The van der Waals surface area contributed by atoms with Crippen molar-refractivity contribution in [3.8, 4) is 11.1 Å². The zero-order chi connectivity index (χ0) is 24.7. The zero-order valence-corrected chi connectivity index (χ0v) is 22.0. The number of allylic oxidation sites excluding steroid dienone is 1. The molecule has 6 rings (SSSR count). The molecule has 4 heteroatoms. The average molecular weight is 503 g/mol. The van der Waals surface area contributed by atoms with Gasteiger partial charge in [0.15, 0.2) is 0 Å². The van der Waals surface area contributed by atoms with Crippen LogP contribution in [0.2, 0.25) is 0 Å². The highest BCUT2D eigenvalue weighted by molar-refractivity contribution is 8.05. The molecule has 0 spiro atoms. The molecule has 0 saturated carbocycles. The predicted molar refractivity (Wildman–Crippen MR) is 155 cm³/mol. The molecule has 4 aromatic rings. The molecule has 36 heavy (non-hydrogen) atoms. The van der Waals surface area contributed by atoms with E-state index in [0.29, 0.717) is 6.54 Å². The van der Waals surface area contributed by atoms with Gasteiger partial charge in [-0.15, -0.1) is 0 Å². The monoisotopic (exact) mass is 502 g/mol. The molecule has 0 N–H and O–H groups in total. The van der Waals surface area contributed by atoms with E-state index in [1.807, 2.05) is 47.9 Å². The maximum absolute atomic E-state index is 4.77. The van der Waals surface area contributed by atoms with Crippen molar-refractivity contribution in [2.75, 3.05) is 0 Å². The maximum Gasteiger partial charge on any atom is 0.0640 e. The fraction of sp³-hybridized carbons (Fsp3) is 0.125. The Balaban J connectivity index is 1.31. The van der Waals surface area contributed by atoms with Crippen molar-refractivity contribution in [2.24, 2.45) is 9.98 Å². The number of hydrogen-bond donors (Lipinski definition) is 0. The van der Waals surface area contributed by atoms with E-state index in [2.05, 4.69) is 92.3 Å². The molecule has 176 valence electrons. The van der Waals surface area contributed by atoms with Crippen molar-refractivity contribution >= 4 is 42.0 Å². The Kier molecular flexibility index (Phi) is 5.94. The second kappa shape index (κ2) is 9.27. The lowest BCUT2D eigenvalue weighted by Crippen LogP contribution is -2.17. The van der Waals surface area contributed by atoms with Gasteiger partial charge in [0.25, 0.3) is 0 Å². The quantitative estimate of drug-likeness (QED) is 0.224. The second-order valence-electron chi connectivity index (χ2n) is 9.57. The minimum atomic E-state index is -0.0720. The summed E-state index contributed by atoms with van der Waals surface area (Å²) in [5.41, 5.74) is 8.73. The molecule has 0 fully saturated rings. The molecule has 0 amide bonds. The third kappa shape index (κ3) is 3.95. The van der Waals surface area contributed by atoms with Crippen molar-refractivity contribution in [2.45, 2.75) is 45.4 Å². The van der Waals surface area contributed by atoms with Crippen LogP contribution in [0.5, 0.6) is 0 Å². The summed E-state index contributed by atoms with van der Waals surface area (Å²) in [7, 11) is 0. The molecule has 0 radical (unpaired) electrons. The summed E-state index contributed by atoms with van der Waals surface area (Å²) in [5.74, 6) is 0. The van der Waals surface area contributed by atoms with Gasteiger partial charge >= 0.3 is 0 Å². The number of hydrogen-bond acceptors (Lipinski definition) is 4. The van der Waals surface area contributed by atoms with E-state index in [4.69, 9.17) is 4.99 Å². The third-order valence-corrected chi connectivity index (χ3v) is 9.52. The van der Waals surface area contributed by atoms with E-state index in [9.17, 15) is 0 Å². The molecule has 1 aliphatic heterocycles. The van der Waals surface area contributed by atoms with Crippen molar-refractivity contribution in [1.29, 1.82) is 0 Å². The van der Waals surface area contributed by atoms with Crippen molar-refractivity contribution in [3.05, 3.63) is 113 Å². The summed E-state index contributed by atoms with van der Waals surface area (Å²) in [6.45, 7) is 8.97. The summed E-state index contributed by atoms with van der Waals surface area (Å²) in [6.07, 6.45) is 3.66.